The lowest BCUT2D eigenvalue weighted by Crippen LogP contribution is -2.28. The van der Waals surface area contributed by atoms with Gasteiger partial charge in [0.05, 0.1) is 18.8 Å². The van der Waals surface area contributed by atoms with E-state index in [4.69, 9.17) is 6.42 Å². The molecule has 1 aliphatic heterocycles. The predicted molar refractivity (Wildman–Crippen MR) is 78.2 cm³/mol. The molecule has 0 spiro atoms. The van der Waals surface area contributed by atoms with Gasteiger partial charge in [-0.15, -0.1) is 6.42 Å². The second-order valence-electron chi connectivity index (χ2n) is 4.72. The molecule has 2 rings (SSSR count). The normalized spacial score (nSPS) is 14.1. The molecule has 20 heavy (non-hydrogen) atoms. The Bertz CT molecular complexity index is 518. The van der Waals surface area contributed by atoms with Crippen molar-refractivity contribution in [2.45, 2.75) is 12.8 Å². The average molecular weight is 275 g/mol. The van der Waals surface area contributed by atoms with Gasteiger partial charge in [0, 0.05) is 18.8 Å². The molecule has 5 heteroatoms. The van der Waals surface area contributed by atoms with E-state index in [2.05, 4.69) is 16.6 Å². The zero-order valence-electron chi connectivity index (χ0n) is 11.3. The number of nitrogens with one attached hydrogen (secondary N) is 2. The Morgan fingerprint density at radius 1 is 1.40 bits per heavy atom. The highest BCUT2D eigenvalue weighted by Crippen LogP contribution is 2.25. The van der Waals surface area contributed by atoms with Gasteiger partial charge < -0.3 is 10.2 Å². The lowest BCUT2D eigenvalue weighted by Gasteiger charge is -2.18. The van der Waals surface area contributed by atoms with Crippen LogP contribution < -0.4 is 15.5 Å². The average Bonchev–Trinajstić information content (AvgIpc) is 2.93. The summed E-state index contributed by atoms with van der Waals surface area (Å²) in [6.07, 6.45) is 7.26. The lowest BCUT2D eigenvalue weighted by molar-refractivity contribution is -0.115. The molecule has 1 fully saturated rings. The SMILES string of the molecule is C#CCNCC(=O)Nc1ccc(N2CCCC2)c(F)c1. The van der Waals surface area contributed by atoms with Crippen LogP contribution in [0.1, 0.15) is 12.8 Å². The minimum Gasteiger partial charge on any atom is -0.369 e. The first kappa shape index (κ1) is 14.4. The van der Waals surface area contributed by atoms with E-state index >= 15 is 0 Å². The molecule has 0 unspecified atom stereocenters. The van der Waals surface area contributed by atoms with Gasteiger partial charge in [-0.2, -0.15) is 0 Å². The van der Waals surface area contributed by atoms with Crippen molar-refractivity contribution in [2.75, 3.05) is 36.4 Å². The molecule has 1 heterocycles. The third-order valence-electron chi connectivity index (χ3n) is 3.19. The Morgan fingerprint density at radius 3 is 2.80 bits per heavy atom. The summed E-state index contributed by atoms with van der Waals surface area (Å²) in [5, 5.41) is 5.41. The van der Waals surface area contributed by atoms with Gasteiger partial charge >= 0.3 is 0 Å². The molecule has 2 N–H and O–H groups in total. The Morgan fingerprint density at radius 2 is 2.15 bits per heavy atom. The van der Waals surface area contributed by atoms with E-state index in [-0.39, 0.29) is 18.3 Å². The molecule has 1 aromatic carbocycles. The van der Waals surface area contributed by atoms with Crippen LogP contribution in [0.15, 0.2) is 18.2 Å². The van der Waals surface area contributed by atoms with Crippen molar-refractivity contribution in [3.63, 3.8) is 0 Å². The van der Waals surface area contributed by atoms with Gasteiger partial charge in [-0.1, -0.05) is 5.92 Å². The van der Waals surface area contributed by atoms with Crippen LogP contribution in [0, 0.1) is 18.2 Å². The van der Waals surface area contributed by atoms with E-state index in [0.717, 1.165) is 25.9 Å². The molecule has 0 saturated carbocycles. The second kappa shape index (κ2) is 6.92. The fraction of sp³-hybridized carbons (Fsp3) is 0.400. The number of rotatable bonds is 5. The van der Waals surface area contributed by atoms with Gasteiger partial charge in [-0.25, -0.2) is 4.39 Å². The van der Waals surface area contributed by atoms with Crippen LogP contribution in [0.4, 0.5) is 15.8 Å². The lowest BCUT2D eigenvalue weighted by atomic mass is 10.2. The summed E-state index contributed by atoms with van der Waals surface area (Å²) >= 11 is 0. The number of carbonyl (C=O) groups excluding carboxylic acids is 1. The Hall–Kier alpha value is -2.06. The number of terminal acetylenes is 1. The molecule has 4 nitrogen and oxygen atoms in total. The van der Waals surface area contributed by atoms with Gasteiger partial charge in [0.2, 0.25) is 5.91 Å². The molecular formula is C15H18FN3O. The summed E-state index contributed by atoms with van der Waals surface area (Å²) in [5.74, 6) is 1.83. The molecular weight excluding hydrogens is 257 g/mol. The molecule has 0 aliphatic carbocycles. The fourth-order valence-corrected chi connectivity index (χ4v) is 2.25. The first-order valence-electron chi connectivity index (χ1n) is 6.69. The maximum atomic E-state index is 14.0. The second-order valence-corrected chi connectivity index (χ2v) is 4.72. The molecule has 1 amide bonds. The minimum absolute atomic E-state index is 0.111. The van der Waals surface area contributed by atoms with E-state index < -0.39 is 0 Å². The van der Waals surface area contributed by atoms with Gasteiger partial charge in [0.25, 0.3) is 0 Å². The predicted octanol–water partition coefficient (Wildman–Crippen LogP) is 1.59. The molecule has 0 bridgehead atoms. The van der Waals surface area contributed by atoms with Gasteiger partial charge in [0.1, 0.15) is 5.82 Å². The summed E-state index contributed by atoms with van der Waals surface area (Å²) in [7, 11) is 0. The number of carbonyl (C=O) groups is 1. The number of amides is 1. The number of hydrogen-bond donors (Lipinski definition) is 2. The largest absolute Gasteiger partial charge is 0.369 e. The first-order chi connectivity index (χ1) is 9.70. The van der Waals surface area contributed by atoms with Crippen LogP contribution in [-0.2, 0) is 4.79 Å². The highest BCUT2D eigenvalue weighted by Gasteiger charge is 2.16. The Labute approximate surface area is 118 Å². The van der Waals surface area contributed by atoms with Crippen LogP contribution >= 0.6 is 0 Å². The smallest absolute Gasteiger partial charge is 0.238 e. The quantitative estimate of drug-likeness (QED) is 0.633. The fourth-order valence-electron chi connectivity index (χ4n) is 2.25. The highest BCUT2D eigenvalue weighted by atomic mass is 19.1. The van der Waals surface area contributed by atoms with Crippen molar-refractivity contribution in [1.29, 1.82) is 0 Å². The number of nitrogens with zero attached hydrogens (tertiary/aromatic N) is 1. The molecule has 1 saturated heterocycles. The van der Waals surface area contributed by atoms with E-state index in [0.29, 0.717) is 17.9 Å². The molecule has 106 valence electrons. The van der Waals surface area contributed by atoms with Crippen LogP contribution in [0.25, 0.3) is 0 Å². The molecule has 0 atom stereocenters. The highest BCUT2D eigenvalue weighted by molar-refractivity contribution is 5.92. The number of benzene rings is 1. The van der Waals surface area contributed by atoms with Crippen molar-refractivity contribution in [3.05, 3.63) is 24.0 Å². The summed E-state index contributed by atoms with van der Waals surface area (Å²) in [5.41, 5.74) is 1.06. The summed E-state index contributed by atoms with van der Waals surface area (Å²) in [4.78, 5) is 13.6. The molecule has 1 aromatic rings. The number of anilines is 2. The van der Waals surface area contributed by atoms with Crippen molar-refractivity contribution in [1.82, 2.24) is 5.32 Å². The molecule has 0 aromatic heterocycles. The van der Waals surface area contributed by atoms with Gasteiger partial charge in [-0.3, -0.25) is 10.1 Å². The summed E-state index contributed by atoms with van der Waals surface area (Å²) in [6.45, 7) is 2.21. The third kappa shape index (κ3) is 3.72. The maximum Gasteiger partial charge on any atom is 0.238 e. The zero-order chi connectivity index (χ0) is 14.4. The van der Waals surface area contributed by atoms with Crippen molar-refractivity contribution >= 4 is 17.3 Å². The summed E-state index contributed by atoms with van der Waals surface area (Å²) in [6, 6.07) is 4.79. The third-order valence-corrected chi connectivity index (χ3v) is 3.19. The van der Waals surface area contributed by atoms with Crippen LogP contribution in [0.3, 0.4) is 0 Å². The van der Waals surface area contributed by atoms with Crippen LogP contribution in [0.5, 0.6) is 0 Å². The van der Waals surface area contributed by atoms with Gasteiger partial charge in [0.15, 0.2) is 0 Å². The first-order valence-corrected chi connectivity index (χ1v) is 6.69. The number of hydrogen-bond acceptors (Lipinski definition) is 3. The van der Waals surface area contributed by atoms with E-state index in [1.165, 1.54) is 6.07 Å². The van der Waals surface area contributed by atoms with Gasteiger partial charge in [-0.05, 0) is 31.0 Å². The molecule has 0 radical (unpaired) electrons. The Balaban J connectivity index is 1.95. The maximum absolute atomic E-state index is 14.0. The molecule has 1 aliphatic rings. The van der Waals surface area contributed by atoms with E-state index in [9.17, 15) is 9.18 Å². The van der Waals surface area contributed by atoms with Crippen molar-refractivity contribution in [3.8, 4) is 12.3 Å². The Kier molecular flexibility index (Phi) is 4.97. The monoisotopic (exact) mass is 275 g/mol. The zero-order valence-corrected chi connectivity index (χ0v) is 11.3. The topological polar surface area (TPSA) is 44.4 Å². The minimum atomic E-state index is -0.304. The van der Waals surface area contributed by atoms with Crippen molar-refractivity contribution in [2.24, 2.45) is 0 Å². The van der Waals surface area contributed by atoms with Crippen molar-refractivity contribution < 1.29 is 9.18 Å². The van der Waals surface area contributed by atoms with Crippen LogP contribution in [-0.4, -0.2) is 32.1 Å². The standard InChI is InChI=1S/C15H18FN3O/c1-2-7-17-11-15(20)18-12-5-6-14(13(16)10-12)19-8-3-4-9-19/h1,5-6,10,17H,3-4,7-9,11H2,(H,18,20). The summed E-state index contributed by atoms with van der Waals surface area (Å²) < 4.78 is 14.0. The number of halogens is 1. The van der Waals surface area contributed by atoms with Crippen LogP contribution in [0.2, 0.25) is 0 Å². The van der Waals surface area contributed by atoms with E-state index in [1.54, 1.807) is 12.1 Å². The van der Waals surface area contributed by atoms with E-state index in [1.807, 2.05) is 4.90 Å².